The van der Waals surface area contributed by atoms with Crippen molar-refractivity contribution in [2.75, 3.05) is 17.2 Å². The van der Waals surface area contributed by atoms with Crippen LogP contribution in [-0.2, 0) is 0 Å². The topological polar surface area (TPSA) is 29.3 Å². The molecule has 1 aliphatic heterocycles. The molecule has 1 aromatic carbocycles. The van der Waals surface area contributed by atoms with Crippen LogP contribution in [0, 0.1) is 11.7 Å². The first-order valence-corrected chi connectivity index (χ1v) is 7.06. The molecule has 0 radical (unpaired) electrons. The minimum atomic E-state index is -0.433. The van der Waals surface area contributed by atoms with E-state index in [0.717, 1.165) is 18.2 Å². The minimum absolute atomic E-state index is 0.165. The summed E-state index contributed by atoms with van der Waals surface area (Å²) in [6, 6.07) is 3.60. The smallest absolute Gasteiger partial charge is 0.143 e. The van der Waals surface area contributed by atoms with E-state index in [9.17, 15) is 4.39 Å². The fourth-order valence-corrected chi connectivity index (χ4v) is 3.66. The third kappa shape index (κ3) is 1.95. The Morgan fingerprint density at radius 3 is 2.83 bits per heavy atom. The maximum absolute atomic E-state index is 13.3. The lowest BCUT2D eigenvalue weighted by Gasteiger charge is -2.33. The number of benzene rings is 1. The molecule has 1 saturated heterocycles. The van der Waals surface area contributed by atoms with E-state index in [1.54, 1.807) is 6.07 Å². The molecule has 0 bridgehead atoms. The Hall–Kier alpha value is -0.960. The van der Waals surface area contributed by atoms with E-state index in [0.29, 0.717) is 11.7 Å². The lowest BCUT2D eigenvalue weighted by molar-refractivity contribution is 0.342. The standard InChI is InChI=1S/C14H18ClFN2/c15-10-7-14(12(17)8-11(10)16)18-6-5-9-3-1-2-4-13(9)18/h7-9,13H,1-6,17H2. The summed E-state index contributed by atoms with van der Waals surface area (Å²) in [4.78, 5) is 2.34. The highest BCUT2D eigenvalue weighted by Crippen LogP contribution is 2.41. The molecule has 2 atom stereocenters. The van der Waals surface area contributed by atoms with Gasteiger partial charge in [0.25, 0.3) is 0 Å². The molecule has 2 nitrogen and oxygen atoms in total. The van der Waals surface area contributed by atoms with E-state index in [1.165, 1.54) is 38.2 Å². The van der Waals surface area contributed by atoms with Crippen LogP contribution in [0.3, 0.4) is 0 Å². The number of rotatable bonds is 1. The summed E-state index contributed by atoms with van der Waals surface area (Å²) >= 11 is 5.88. The summed E-state index contributed by atoms with van der Waals surface area (Å²) in [6.07, 6.45) is 6.38. The van der Waals surface area contributed by atoms with Crippen LogP contribution in [0.1, 0.15) is 32.1 Å². The van der Waals surface area contributed by atoms with Crippen molar-refractivity contribution in [3.05, 3.63) is 23.0 Å². The largest absolute Gasteiger partial charge is 0.397 e. The molecule has 2 N–H and O–H groups in total. The molecule has 0 aromatic heterocycles. The van der Waals surface area contributed by atoms with Crippen LogP contribution in [-0.4, -0.2) is 12.6 Å². The number of hydrogen-bond donors (Lipinski definition) is 1. The summed E-state index contributed by atoms with van der Waals surface area (Å²) in [5, 5.41) is 0.165. The van der Waals surface area contributed by atoms with Gasteiger partial charge in [-0.25, -0.2) is 4.39 Å². The van der Waals surface area contributed by atoms with Crippen molar-refractivity contribution in [1.29, 1.82) is 0 Å². The van der Waals surface area contributed by atoms with Crippen molar-refractivity contribution in [1.82, 2.24) is 0 Å². The number of nitrogen functional groups attached to an aromatic ring is 1. The summed E-state index contributed by atoms with van der Waals surface area (Å²) in [5.41, 5.74) is 7.37. The summed E-state index contributed by atoms with van der Waals surface area (Å²) in [7, 11) is 0. The zero-order valence-corrected chi connectivity index (χ0v) is 11.1. The number of nitrogens with two attached hydrogens (primary N) is 1. The van der Waals surface area contributed by atoms with Gasteiger partial charge in [-0.05, 0) is 31.2 Å². The molecule has 2 aliphatic rings. The molecule has 0 spiro atoms. The Morgan fingerprint density at radius 2 is 2.00 bits per heavy atom. The second kappa shape index (κ2) is 4.61. The predicted molar refractivity (Wildman–Crippen MR) is 73.5 cm³/mol. The van der Waals surface area contributed by atoms with Gasteiger partial charge in [-0.2, -0.15) is 0 Å². The molecule has 1 aliphatic carbocycles. The third-order valence-electron chi connectivity index (χ3n) is 4.39. The molecule has 1 heterocycles. The third-order valence-corrected chi connectivity index (χ3v) is 4.68. The second-order valence-electron chi connectivity index (χ2n) is 5.42. The van der Waals surface area contributed by atoms with Crippen molar-refractivity contribution < 1.29 is 4.39 Å². The molecule has 1 saturated carbocycles. The average Bonchev–Trinajstić information content (AvgIpc) is 2.78. The van der Waals surface area contributed by atoms with Crippen molar-refractivity contribution >= 4 is 23.0 Å². The van der Waals surface area contributed by atoms with E-state index in [4.69, 9.17) is 17.3 Å². The van der Waals surface area contributed by atoms with Crippen LogP contribution in [0.15, 0.2) is 12.1 Å². The van der Waals surface area contributed by atoms with E-state index in [2.05, 4.69) is 4.90 Å². The highest BCUT2D eigenvalue weighted by atomic mass is 35.5. The Balaban J connectivity index is 1.93. The number of fused-ring (bicyclic) bond motifs is 1. The van der Waals surface area contributed by atoms with Gasteiger partial charge in [-0.3, -0.25) is 0 Å². The van der Waals surface area contributed by atoms with Gasteiger partial charge >= 0.3 is 0 Å². The van der Waals surface area contributed by atoms with Gasteiger partial charge in [0.1, 0.15) is 5.82 Å². The molecular formula is C14H18ClFN2. The van der Waals surface area contributed by atoms with Gasteiger partial charge in [0.15, 0.2) is 0 Å². The Labute approximate surface area is 112 Å². The van der Waals surface area contributed by atoms with Gasteiger partial charge < -0.3 is 10.6 Å². The van der Waals surface area contributed by atoms with Gasteiger partial charge in [-0.1, -0.05) is 24.4 Å². The molecule has 2 unspecified atom stereocenters. The Morgan fingerprint density at radius 1 is 1.22 bits per heavy atom. The maximum Gasteiger partial charge on any atom is 0.143 e. The SMILES string of the molecule is Nc1cc(F)c(Cl)cc1N1CCC2CCCCC21. The zero-order chi connectivity index (χ0) is 12.7. The van der Waals surface area contributed by atoms with Crippen LogP contribution >= 0.6 is 11.6 Å². The molecule has 2 fully saturated rings. The van der Waals surface area contributed by atoms with Crippen molar-refractivity contribution in [3.8, 4) is 0 Å². The lowest BCUT2D eigenvalue weighted by atomic mass is 9.85. The normalized spacial score (nSPS) is 27.3. The molecule has 1 aromatic rings. The van der Waals surface area contributed by atoms with Crippen LogP contribution in [0.2, 0.25) is 5.02 Å². The van der Waals surface area contributed by atoms with Crippen LogP contribution < -0.4 is 10.6 Å². The van der Waals surface area contributed by atoms with Gasteiger partial charge in [-0.15, -0.1) is 0 Å². The summed E-state index contributed by atoms with van der Waals surface area (Å²) < 4.78 is 13.3. The molecule has 0 amide bonds. The first kappa shape index (κ1) is 12.1. The van der Waals surface area contributed by atoms with E-state index in [-0.39, 0.29) is 5.02 Å². The molecule has 3 rings (SSSR count). The summed E-state index contributed by atoms with van der Waals surface area (Å²) in [5.74, 6) is 0.347. The number of anilines is 2. The van der Waals surface area contributed by atoms with Crippen molar-refractivity contribution in [2.45, 2.75) is 38.1 Å². The molecule has 4 heteroatoms. The van der Waals surface area contributed by atoms with Crippen molar-refractivity contribution in [3.63, 3.8) is 0 Å². The van der Waals surface area contributed by atoms with Crippen LogP contribution in [0.4, 0.5) is 15.8 Å². The van der Waals surface area contributed by atoms with Crippen LogP contribution in [0.25, 0.3) is 0 Å². The highest BCUT2D eigenvalue weighted by molar-refractivity contribution is 6.31. The Kier molecular flexibility index (Phi) is 3.10. The first-order chi connectivity index (χ1) is 8.66. The fraction of sp³-hybridized carbons (Fsp3) is 0.571. The summed E-state index contributed by atoms with van der Waals surface area (Å²) in [6.45, 7) is 1.02. The molecule has 18 heavy (non-hydrogen) atoms. The van der Waals surface area contributed by atoms with Crippen molar-refractivity contribution in [2.24, 2.45) is 5.92 Å². The van der Waals surface area contributed by atoms with E-state index >= 15 is 0 Å². The number of nitrogens with zero attached hydrogens (tertiary/aromatic N) is 1. The fourth-order valence-electron chi connectivity index (χ4n) is 3.51. The monoisotopic (exact) mass is 268 g/mol. The zero-order valence-electron chi connectivity index (χ0n) is 10.3. The van der Waals surface area contributed by atoms with Crippen LogP contribution in [0.5, 0.6) is 0 Å². The first-order valence-electron chi connectivity index (χ1n) is 6.68. The highest BCUT2D eigenvalue weighted by Gasteiger charge is 2.36. The average molecular weight is 269 g/mol. The molecule has 98 valence electrons. The lowest BCUT2D eigenvalue weighted by Crippen LogP contribution is -2.35. The quantitative estimate of drug-likeness (QED) is 0.785. The predicted octanol–water partition coefficient (Wildman–Crippen LogP) is 3.83. The van der Waals surface area contributed by atoms with Gasteiger partial charge in [0.05, 0.1) is 16.4 Å². The number of hydrogen-bond acceptors (Lipinski definition) is 2. The minimum Gasteiger partial charge on any atom is -0.397 e. The Bertz CT molecular complexity index is 463. The second-order valence-corrected chi connectivity index (χ2v) is 5.83. The van der Waals surface area contributed by atoms with E-state index in [1.807, 2.05) is 0 Å². The number of halogens is 2. The van der Waals surface area contributed by atoms with E-state index < -0.39 is 5.82 Å². The van der Waals surface area contributed by atoms with Gasteiger partial charge in [0.2, 0.25) is 0 Å². The molecular weight excluding hydrogens is 251 g/mol. The van der Waals surface area contributed by atoms with Gasteiger partial charge in [0, 0.05) is 18.7 Å². The maximum atomic E-state index is 13.3.